The molecule has 3 nitrogen and oxygen atoms in total. The van der Waals surface area contributed by atoms with Crippen LogP contribution < -0.4 is 5.32 Å². The first-order valence-electron chi connectivity index (χ1n) is 8.81. The minimum atomic E-state index is -4.35. The average molecular weight is 374 g/mol. The summed E-state index contributed by atoms with van der Waals surface area (Å²) in [6.07, 6.45) is -1.61. The summed E-state index contributed by atoms with van der Waals surface area (Å²) in [6.45, 7) is 2.44. The molecule has 2 aromatic rings. The molecule has 0 saturated carbocycles. The lowest BCUT2D eigenvalue weighted by molar-refractivity contribution is -0.137. The summed E-state index contributed by atoms with van der Waals surface area (Å²) in [5, 5.41) is 2.80. The van der Waals surface area contributed by atoms with Crippen LogP contribution in [0.15, 0.2) is 66.2 Å². The van der Waals surface area contributed by atoms with Crippen molar-refractivity contribution < 1.29 is 18.0 Å². The molecule has 0 aromatic heterocycles. The lowest BCUT2D eigenvalue weighted by Crippen LogP contribution is -2.35. The molecular weight excluding hydrogens is 353 g/mol. The average Bonchev–Trinajstić information content (AvgIpc) is 2.67. The number of amides is 1. The van der Waals surface area contributed by atoms with Gasteiger partial charge in [-0.15, -0.1) is 0 Å². The zero-order valence-corrected chi connectivity index (χ0v) is 14.8. The number of nitrogens with zero attached hydrogens (tertiary/aromatic N) is 1. The molecule has 142 valence electrons. The van der Waals surface area contributed by atoms with E-state index in [0.29, 0.717) is 17.7 Å². The van der Waals surface area contributed by atoms with Gasteiger partial charge in [-0.25, -0.2) is 0 Å². The fourth-order valence-electron chi connectivity index (χ4n) is 3.05. The molecule has 27 heavy (non-hydrogen) atoms. The van der Waals surface area contributed by atoms with E-state index in [0.717, 1.165) is 31.6 Å². The van der Waals surface area contributed by atoms with E-state index in [1.165, 1.54) is 17.7 Å². The van der Waals surface area contributed by atoms with E-state index >= 15 is 0 Å². The Labute approximate surface area is 156 Å². The topological polar surface area (TPSA) is 32.3 Å². The highest BCUT2D eigenvalue weighted by Gasteiger charge is 2.29. The zero-order valence-electron chi connectivity index (χ0n) is 14.8. The summed E-state index contributed by atoms with van der Waals surface area (Å²) in [5.74, 6) is -0.173. The Morgan fingerprint density at radius 3 is 2.37 bits per heavy atom. The Morgan fingerprint density at radius 2 is 1.70 bits per heavy atom. The Bertz CT molecular complexity index is 798. The normalized spacial score (nSPS) is 15.3. The minimum absolute atomic E-state index is 0.173. The van der Waals surface area contributed by atoms with Gasteiger partial charge in [0.15, 0.2) is 0 Å². The maximum absolute atomic E-state index is 12.6. The third kappa shape index (κ3) is 5.44. The van der Waals surface area contributed by atoms with E-state index < -0.39 is 11.7 Å². The van der Waals surface area contributed by atoms with Crippen molar-refractivity contribution in [3.8, 4) is 0 Å². The predicted octanol–water partition coefficient (Wildman–Crippen LogP) is 4.15. The molecule has 6 heteroatoms. The summed E-state index contributed by atoms with van der Waals surface area (Å²) in [4.78, 5) is 14.6. The molecule has 0 radical (unpaired) electrons. The molecule has 3 rings (SSSR count). The van der Waals surface area contributed by atoms with Gasteiger partial charge in [-0.05, 0) is 29.7 Å². The summed E-state index contributed by atoms with van der Waals surface area (Å²) in [5.41, 5.74) is 1.84. The molecule has 0 atom stereocenters. The Balaban J connectivity index is 1.52. The molecule has 0 aliphatic carbocycles. The van der Waals surface area contributed by atoms with Gasteiger partial charge in [0, 0.05) is 31.8 Å². The molecule has 0 unspecified atom stereocenters. The standard InChI is InChI=1S/C21H21F3N2O/c22-21(23,24)19-10-8-16(9-11-19)13-25-20(27)18-7-4-12-26(15-18)14-17-5-2-1-3-6-17/h1-3,5-11H,4,12-15H2,(H,25,27). The van der Waals surface area contributed by atoms with Gasteiger partial charge in [0.25, 0.3) is 0 Å². The molecule has 0 spiro atoms. The Kier molecular flexibility index (Phi) is 5.96. The van der Waals surface area contributed by atoms with Gasteiger partial charge in [0.1, 0.15) is 0 Å². The molecule has 0 fully saturated rings. The predicted molar refractivity (Wildman–Crippen MR) is 97.7 cm³/mol. The second-order valence-corrected chi connectivity index (χ2v) is 6.59. The molecule has 1 heterocycles. The third-order valence-electron chi connectivity index (χ3n) is 4.51. The third-order valence-corrected chi connectivity index (χ3v) is 4.51. The van der Waals surface area contributed by atoms with E-state index in [4.69, 9.17) is 0 Å². The summed E-state index contributed by atoms with van der Waals surface area (Å²) >= 11 is 0. The van der Waals surface area contributed by atoms with Gasteiger partial charge < -0.3 is 5.32 Å². The molecule has 1 amide bonds. The molecule has 1 N–H and O–H groups in total. The maximum Gasteiger partial charge on any atom is 0.416 e. The highest BCUT2D eigenvalue weighted by atomic mass is 19.4. The summed E-state index contributed by atoms with van der Waals surface area (Å²) in [6, 6.07) is 14.9. The van der Waals surface area contributed by atoms with Gasteiger partial charge in [-0.1, -0.05) is 48.5 Å². The van der Waals surface area contributed by atoms with Crippen LogP contribution in [0, 0.1) is 0 Å². The molecule has 0 saturated heterocycles. The van der Waals surface area contributed by atoms with Crippen LogP contribution in [0.4, 0.5) is 13.2 Å². The number of benzene rings is 2. The maximum atomic E-state index is 12.6. The first kappa shape index (κ1) is 19.2. The van der Waals surface area contributed by atoms with Gasteiger partial charge in [-0.2, -0.15) is 13.2 Å². The molecule has 0 bridgehead atoms. The van der Waals surface area contributed by atoms with Crippen LogP contribution in [0.5, 0.6) is 0 Å². The highest BCUT2D eigenvalue weighted by Crippen LogP contribution is 2.29. The SMILES string of the molecule is O=C(NCc1ccc(C(F)(F)F)cc1)C1=CCCN(Cc2ccccc2)C1. The monoisotopic (exact) mass is 374 g/mol. The Hall–Kier alpha value is -2.60. The number of nitrogens with one attached hydrogen (secondary N) is 1. The van der Waals surface area contributed by atoms with Gasteiger partial charge >= 0.3 is 6.18 Å². The first-order chi connectivity index (χ1) is 12.9. The largest absolute Gasteiger partial charge is 0.416 e. The number of carbonyl (C=O) groups is 1. The molecular formula is C21H21F3N2O. The van der Waals surface area contributed by atoms with E-state index in [-0.39, 0.29) is 12.5 Å². The van der Waals surface area contributed by atoms with Crippen molar-refractivity contribution in [3.63, 3.8) is 0 Å². The molecule has 1 aliphatic rings. The first-order valence-corrected chi connectivity index (χ1v) is 8.81. The summed E-state index contributed by atoms with van der Waals surface area (Å²) in [7, 11) is 0. The number of hydrogen-bond donors (Lipinski definition) is 1. The molecule has 2 aromatic carbocycles. The van der Waals surface area contributed by atoms with Crippen LogP contribution >= 0.6 is 0 Å². The number of hydrogen-bond acceptors (Lipinski definition) is 2. The van der Waals surface area contributed by atoms with E-state index in [9.17, 15) is 18.0 Å². The minimum Gasteiger partial charge on any atom is -0.348 e. The Morgan fingerprint density at radius 1 is 1.00 bits per heavy atom. The van der Waals surface area contributed by atoms with Crippen LogP contribution in [-0.4, -0.2) is 23.9 Å². The fraction of sp³-hybridized carbons (Fsp3) is 0.286. The number of carbonyl (C=O) groups excluding carboxylic acids is 1. The van der Waals surface area contributed by atoms with Crippen molar-refractivity contribution in [2.75, 3.05) is 13.1 Å². The van der Waals surface area contributed by atoms with E-state index in [2.05, 4.69) is 22.3 Å². The van der Waals surface area contributed by atoms with E-state index in [1.807, 2.05) is 24.3 Å². The van der Waals surface area contributed by atoms with Crippen molar-refractivity contribution in [3.05, 3.63) is 82.9 Å². The van der Waals surface area contributed by atoms with Crippen LogP contribution in [0.2, 0.25) is 0 Å². The number of rotatable bonds is 5. The van der Waals surface area contributed by atoms with Crippen molar-refractivity contribution in [2.24, 2.45) is 0 Å². The van der Waals surface area contributed by atoms with Crippen LogP contribution in [0.25, 0.3) is 0 Å². The van der Waals surface area contributed by atoms with Crippen LogP contribution in [0.3, 0.4) is 0 Å². The van der Waals surface area contributed by atoms with E-state index in [1.54, 1.807) is 0 Å². The van der Waals surface area contributed by atoms with Crippen molar-refractivity contribution in [1.82, 2.24) is 10.2 Å². The molecule has 1 aliphatic heterocycles. The quantitative estimate of drug-likeness (QED) is 0.853. The van der Waals surface area contributed by atoms with Gasteiger partial charge in [-0.3, -0.25) is 9.69 Å². The van der Waals surface area contributed by atoms with Gasteiger partial charge in [0.2, 0.25) is 5.91 Å². The lowest BCUT2D eigenvalue weighted by atomic mass is 10.1. The fourth-order valence-corrected chi connectivity index (χ4v) is 3.05. The second kappa shape index (κ2) is 8.39. The summed E-state index contributed by atoms with van der Waals surface area (Å²) < 4.78 is 37.8. The van der Waals surface area contributed by atoms with Crippen molar-refractivity contribution in [1.29, 1.82) is 0 Å². The van der Waals surface area contributed by atoms with Crippen LogP contribution in [0.1, 0.15) is 23.1 Å². The number of halogens is 3. The van der Waals surface area contributed by atoms with Crippen molar-refractivity contribution >= 4 is 5.91 Å². The van der Waals surface area contributed by atoms with Crippen LogP contribution in [-0.2, 0) is 24.1 Å². The second-order valence-electron chi connectivity index (χ2n) is 6.59. The van der Waals surface area contributed by atoms with Gasteiger partial charge in [0.05, 0.1) is 5.56 Å². The zero-order chi connectivity index (χ0) is 19.3. The highest BCUT2D eigenvalue weighted by molar-refractivity contribution is 5.93. The lowest BCUT2D eigenvalue weighted by Gasteiger charge is -2.26. The smallest absolute Gasteiger partial charge is 0.348 e. The van der Waals surface area contributed by atoms with Crippen molar-refractivity contribution in [2.45, 2.75) is 25.7 Å². The number of alkyl halides is 3.